The molecule has 170 valence electrons. The van der Waals surface area contributed by atoms with Crippen molar-refractivity contribution < 1.29 is 18.9 Å². The van der Waals surface area contributed by atoms with E-state index in [-0.39, 0.29) is 0 Å². The van der Waals surface area contributed by atoms with Gasteiger partial charge in [-0.05, 0) is 56.6 Å². The normalized spacial score (nSPS) is 14.5. The highest BCUT2D eigenvalue weighted by atomic mass is 16.5. The number of hydrogen-bond donors (Lipinski definition) is 0. The van der Waals surface area contributed by atoms with E-state index in [1.807, 2.05) is 12.1 Å². The van der Waals surface area contributed by atoms with E-state index in [2.05, 4.69) is 54.1 Å². The van der Waals surface area contributed by atoms with E-state index in [0.717, 1.165) is 68.6 Å². The molecule has 0 bridgehead atoms. The molecule has 0 radical (unpaired) electrons. The molecule has 0 unspecified atom stereocenters. The molecule has 31 heavy (non-hydrogen) atoms. The first-order valence-corrected chi connectivity index (χ1v) is 11.1. The summed E-state index contributed by atoms with van der Waals surface area (Å²) in [5, 5.41) is 0. The molecule has 1 heterocycles. The quantitative estimate of drug-likeness (QED) is 0.534. The van der Waals surface area contributed by atoms with Crippen LogP contribution in [0, 0.1) is 0 Å². The second-order valence-electron chi connectivity index (χ2n) is 7.87. The van der Waals surface area contributed by atoms with Gasteiger partial charge in [0, 0.05) is 50.6 Å². The molecule has 1 fully saturated rings. The van der Waals surface area contributed by atoms with Crippen LogP contribution in [0.3, 0.4) is 0 Å². The lowest BCUT2D eigenvalue weighted by atomic mass is 10.1. The number of anilines is 1. The van der Waals surface area contributed by atoms with Crippen LogP contribution in [0.2, 0.25) is 0 Å². The van der Waals surface area contributed by atoms with Crippen LogP contribution < -0.4 is 19.1 Å². The number of methoxy groups -OCH3 is 2. The lowest BCUT2D eigenvalue weighted by Crippen LogP contribution is -2.38. The largest absolute Gasteiger partial charge is 0.493 e. The minimum atomic E-state index is 0.608. The fraction of sp³-hybridized carbons (Fsp3) is 0.520. The standard InChI is InChI=1S/C25H36N2O4/c1-5-27(22-8-11-24(28-3)25(18-22)29-4)19-20-6-9-23(10-7-20)31-17-14-26(2)21-12-15-30-16-13-21/h6-11,18,21H,5,12-17,19H2,1-4H3. The molecular weight excluding hydrogens is 392 g/mol. The number of rotatable bonds is 11. The molecule has 0 aliphatic carbocycles. The smallest absolute Gasteiger partial charge is 0.162 e. The molecule has 0 atom stereocenters. The molecule has 2 aromatic rings. The van der Waals surface area contributed by atoms with Crippen LogP contribution in [0.25, 0.3) is 0 Å². The third-order valence-corrected chi connectivity index (χ3v) is 5.94. The summed E-state index contributed by atoms with van der Waals surface area (Å²) in [5.41, 5.74) is 2.35. The van der Waals surface area contributed by atoms with Gasteiger partial charge in [0.1, 0.15) is 12.4 Å². The van der Waals surface area contributed by atoms with Crippen LogP contribution >= 0.6 is 0 Å². The number of likely N-dealkylation sites (N-methyl/N-ethyl adjacent to an activating group) is 1. The molecule has 0 aromatic heterocycles. The Labute approximate surface area is 186 Å². The van der Waals surface area contributed by atoms with Gasteiger partial charge >= 0.3 is 0 Å². The maximum absolute atomic E-state index is 5.98. The van der Waals surface area contributed by atoms with E-state index in [4.69, 9.17) is 18.9 Å². The Morgan fingerprint density at radius 2 is 1.68 bits per heavy atom. The van der Waals surface area contributed by atoms with E-state index >= 15 is 0 Å². The first-order valence-electron chi connectivity index (χ1n) is 11.1. The Hall–Kier alpha value is -2.44. The van der Waals surface area contributed by atoms with Crippen molar-refractivity contribution in [3.63, 3.8) is 0 Å². The average Bonchev–Trinajstić information content (AvgIpc) is 2.83. The van der Waals surface area contributed by atoms with Crippen molar-refractivity contribution in [2.24, 2.45) is 0 Å². The highest BCUT2D eigenvalue weighted by molar-refractivity contribution is 5.56. The monoisotopic (exact) mass is 428 g/mol. The Balaban J connectivity index is 1.52. The van der Waals surface area contributed by atoms with Gasteiger partial charge in [-0.25, -0.2) is 0 Å². The maximum Gasteiger partial charge on any atom is 0.162 e. The summed E-state index contributed by atoms with van der Waals surface area (Å²) in [4.78, 5) is 4.69. The number of nitrogens with zero attached hydrogens (tertiary/aromatic N) is 2. The molecule has 0 spiro atoms. The lowest BCUT2D eigenvalue weighted by molar-refractivity contribution is 0.0392. The molecular formula is C25H36N2O4. The van der Waals surface area contributed by atoms with Crippen molar-refractivity contribution in [1.82, 2.24) is 4.90 Å². The second kappa shape index (κ2) is 11.8. The molecule has 0 saturated carbocycles. The first-order chi connectivity index (χ1) is 15.1. The van der Waals surface area contributed by atoms with Crippen molar-refractivity contribution in [2.75, 3.05) is 59.1 Å². The summed E-state index contributed by atoms with van der Waals surface area (Å²) in [5.74, 6) is 2.40. The molecule has 1 aliphatic heterocycles. The van der Waals surface area contributed by atoms with E-state index in [1.165, 1.54) is 5.56 Å². The minimum Gasteiger partial charge on any atom is -0.493 e. The van der Waals surface area contributed by atoms with Gasteiger partial charge in [0.2, 0.25) is 0 Å². The van der Waals surface area contributed by atoms with Crippen molar-refractivity contribution in [2.45, 2.75) is 32.4 Å². The van der Waals surface area contributed by atoms with Crippen LogP contribution in [0.15, 0.2) is 42.5 Å². The zero-order valence-corrected chi connectivity index (χ0v) is 19.3. The Morgan fingerprint density at radius 1 is 0.968 bits per heavy atom. The van der Waals surface area contributed by atoms with Gasteiger partial charge in [0.25, 0.3) is 0 Å². The van der Waals surface area contributed by atoms with Crippen molar-refractivity contribution in [3.8, 4) is 17.2 Å². The van der Waals surface area contributed by atoms with Crippen LogP contribution in [0.1, 0.15) is 25.3 Å². The van der Waals surface area contributed by atoms with E-state index in [9.17, 15) is 0 Å². The summed E-state index contributed by atoms with van der Waals surface area (Å²) < 4.78 is 22.2. The third-order valence-electron chi connectivity index (χ3n) is 5.94. The maximum atomic E-state index is 5.98. The number of ether oxygens (including phenoxy) is 4. The predicted octanol–water partition coefficient (Wildman–Crippen LogP) is 4.22. The molecule has 1 aliphatic rings. The zero-order valence-electron chi connectivity index (χ0n) is 19.3. The summed E-state index contributed by atoms with van der Waals surface area (Å²) >= 11 is 0. The van der Waals surface area contributed by atoms with Gasteiger partial charge in [-0.1, -0.05) is 12.1 Å². The molecule has 0 N–H and O–H groups in total. The Morgan fingerprint density at radius 3 is 2.32 bits per heavy atom. The van der Waals surface area contributed by atoms with Crippen LogP contribution in [0.4, 0.5) is 5.69 Å². The van der Waals surface area contributed by atoms with Gasteiger partial charge in [-0.15, -0.1) is 0 Å². The summed E-state index contributed by atoms with van der Waals surface area (Å²) in [6, 6.07) is 15.0. The number of benzene rings is 2. The topological polar surface area (TPSA) is 43.4 Å². The van der Waals surface area contributed by atoms with E-state index < -0.39 is 0 Å². The fourth-order valence-corrected chi connectivity index (χ4v) is 3.93. The van der Waals surface area contributed by atoms with Gasteiger partial charge < -0.3 is 23.8 Å². The molecule has 6 nitrogen and oxygen atoms in total. The predicted molar refractivity (Wildman–Crippen MR) is 125 cm³/mol. The van der Waals surface area contributed by atoms with Crippen LogP contribution in [0.5, 0.6) is 17.2 Å². The summed E-state index contributed by atoms with van der Waals surface area (Å²) in [6.45, 7) is 7.23. The van der Waals surface area contributed by atoms with E-state index in [0.29, 0.717) is 12.6 Å². The van der Waals surface area contributed by atoms with E-state index in [1.54, 1.807) is 14.2 Å². The van der Waals surface area contributed by atoms with Gasteiger partial charge in [0.05, 0.1) is 14.2 Å². The molecule has 6 heteroatoms. The minimum absolute atomic E-state index is 0.608. The number of hydrogen-bond acceptors (Lipinski definition) is 6. The SMILES string of the molecule is CCN(Cc1ccc(OCCN(C)C2CCOCC2)cc1)c1ccc(OC)c(OC)c1. The van der Waals surface area contributed by atoms with Gasteiger partial charge in [-0.2, -0.15) is 0 Å². The average molecular weight is 429 g/mol. The zero-order chi connectivity index (χ0) is 22.1. The van der Waals surface area contributed by atoms with Crippen molar-refractivity contribution >= 4 is 5.69 Å². The van der Waals surface area contributed by atoms with Gasteiger partial charge in [-0.3, -0.25) is 4.90 Å². The van der Waals surface area contributed by atoms with Crippen molar-refractivity contribution in [3.05, 3.63) is 48.0 Å². The Kier molecular flexibility index (Phi) is 8.85. The highest BCUT2D eigenvalue weighted by Crippen LogP contribution is 2.32. The van der Waals surface area contributed by atoms with Crippen LogP contribution in [-0.2, 0) is 11.3 Å². The second-order valence-corrected chi connectivity index (χ2v) is 7.87. The molecule has 0 amide bonds. The molecule has 3 rings (SSSR count). The lowest BCUT2D eigenvalue weighted by Gasteiger charge is -2.31. The molecule has 1 saturated heterocycles. The summed E-state index contributed by atoms with van der Waals surface area (Å²) in [6.07, 6.45) is 2.22. The summed E-state index contributed by atoms with van der Waals surface area (Å²) in [7, 11) is 5.50. The first kappa shape index (κ1) is 23.2. The highest BCUT2D eigenvalue weighted by Gasteiger charge is 2.18. The van der Waals surface area contributed by atoms with Crippen LogP contribution in [-0.4, -0.2) is 65.1 Å². The van der Waals surface area contributed by atoms with Crippen molar-refractivity contribution in [1.29, 1.82) is 0 Å². The fourth-order valence-electron chi connectivity index (χ4n) is 3.93. The Bertz CT molecular complexity index is 791. The third kappa shape index (κ3) is 6.52. The van der Waals surface area contributed by atoms with Gasteiger partial charge in [0.15, 0.2) is 11.5 Å². The molecule has 2 aromatic carbocycles.